The summed E-state index contributed by atoms with van der Waals surface area (Å²) in [5, 5.41) is 3.01. The second-order valence-electron chi connectivity index (χ2n) is 8.79. The van der Waals surface area contributed by atoms with E-state index >= 15 is 0 Å². The van der Waals surface area contributed by atoms with Crippen molar-refractivity contribution < 1.29 is 9.53 Å². The number of rotatable bonds is 1. The first-order valence-corrected chi connectivity index (χ1v) is 11.3. The lowest BCUT2D eigenvalue weighted by Gasteiger charge is -2.41. The summed E-state index contributed by atoms with van der Waals surface area (Å²) in [6, 6.07) is 21.8. The van der Waals surface area contributed by atoms with Gasteiger partial charge < -0.3 is 19.9 Å². The molecule has 33 heavy (non-hydrogen) atoms. The van der Waals surface area contributed by atoms with Gasteiger partial charge in [0, 0.05) is 31.4 Å². The zero-order valence-electron chi connectivity index (χ0n) is 19.2. The Hall–Kier alpha value is -3.80. The van der Waals surface area contributed by atoms with Gasteiger partial charge in [-0.25, -0.2) is 9.79 Å². The predicted molar refractivity (Wildman–Crippen MR) is 132 cm³/mol. The Bertz CT molecular complexity index is 1220. The third-order valence-corrected chi connectivity index (χ3v) is 6.15. The number of ether oxygens (including phenoxy) is 1. The number of benzene rings is 3. The summed E-state index contributed by atoms with van der Waals surface area (Å²) < 4.78 is 6.30. The van der Waals surface area contributed by atoms with E-state index in [-0.39, 0.29) is 12.1 Å². The van der Waals surface area contributed by atoms with E-state index in [1.54, 1.807) is 0 Å². The number of piperazine rings is 1. The smallest absolute Gasteiger partial charge is 0.322 e. The molecule has 2 aliphatic heterocycles. The first-order valence-electron chi connectivity index (χ1n) is 11.3. The molecule has 168 valence electrons. The van der Waals surface area contributed by atoms with Crippen molar-refractivity contribution in [2.45, 2.75) is 26.8 Å². The Balaban J connectivity index is 1.42. The number of nitrogens with zero attached hydrogens (tertiary/aromatic N) is 3. The number of carbonyl (C=O) groups is 1. The molecule has 1 atom stereocenters. The van der Waals surface area contributed by atoms with Gasteiger partial charge in [-0.05, 0) is 62.7 Å². The SMILES string of the molecule is Cc1ccc2c(c1)Oc1ccc(C)cc1C(N1CCN(C(=O)Nc3ccccc3)C(C)C1)=N2. The van der Waals surface area contributed by atoms with Gasteiger partial charge in [0.2, 0.25) is 0 Å². The molecule has 1 N–H and O–H groups in total. The van der Waals surface area contributed by atoms with Crippen LogP contribution in [-0.2, 0) is 0 Å². The second kappa shape index (κ2) is 8.62. The Morgan fingerprint density at radius 1 is 0.970 bits per heavy atom. The fraction of sp³-hybridized carbons (Fsp3) is 0.259. The minimum absolute atomic E-state index is 0.0279. The van der Waals surface area contributed by atoms with Gasteiger partial charge in [-0.2, -0.15) is 0 Å². The number of hydrogen-bond acceptors (Lipinski definition) is 4. The third kappa shape index (κ3) is 4.29. The molecule has 0 spiro atoms. The Morgan fingerprint density at radius 3 is 2.52 bits per heavy atom. The van der Waals surface area contributed by atoms with Crippen molar-refractivity contribution in [1.82, 2.24) is 9.80 Å². The van der Waals surface area contributed by atoms with Gasteiger partial charge in [-0.15, -0.1) is 0 Å². The van der Waals surface area contributed by atoms with Gasteiger partial charge in [-0.3, -0.25) is 0 Å². The molecule has 3 aromatic carbocycles. The van der Waals surface area contributed by atoms with E-state index in [9.17, 15) is 4.79 Å². The number of amides is 2. The highest BCUT2D eigenvalue weighted by Crippen LogP contribution is 2.39. The monoisotopic (exact) mass is 440 g/mol. The Morgan fingerprint density at radius 2 is 1.73 bits per heavy atom. The first-order chi connectivity index (χ1) is 16.0. The molecular formula is C27H28N4O2. The molecule has 2 amide bonds. The highest BCUT2D eigenvalue weighted by molar-refractivity contribution is 6.04. The number of fused-ring (bicyclic) bond motifs is 2. The summed E-state index contributed by atoms with van der Waals surface area (Å²) >= 11 is 0. The van der Waals surface area contributed by atoms with Crippen LogP contribution in [0.4, 0.5) is 16.2 Å². The van der Waals surface area contributed by atoms with Crippen molar-refractivity contribution in [2.75, 3.05) is 25.0 Å². The van der Waals surface area contributed by atoms with Crippen molar-refractivity contribution in [1.29, 1.82) is 0 Å². The van der Waals surface area contributed by atoms with Gasteiger partial charge in [0.05, 0.1) is 5.56 Å². The number of hydrogen-bond donors (Lipinski definition) is 1. The van der Waals surface area contributed by atoms with Crippen LogP contribution in [0.2, 0.25) is 0 Å². The van der Waals surface area contributed by atoms with Crippen LogP contribution >= 0.6 is 0 Å². The van der Waals surface area contributed by atoms with Crippen molar-refractivity contribution in [3.05, 3.63) is 83.4 Å². The average Bonchev–Trinajstić information content (AvgIpc) is 2.95. The fourth-order valence-electron chi connectivity index (χ4n) is 4.41. The van der Waals surface area contributed by atoms with Crippen molar-refractivity contribution in [3.63, 3.8) is 0 Å². The molecule has 0 saturated carbocycles. The molecule has 0 bridgehead atoms. The van der Waals surface area contributed by atoms with Crippen LogP contribution in [0.25, 0.3) is 0 Å². The van der Waals surface area contributed by atoms with E-state index < -0.39 is 0 Å². The summed E-state index contributed by atoms with van der Waals surface area (Å²) in [4.78, 5) is 22.1. The predicted octanol–water partition coefficient (Wildman–Crippen LogP) is 5.73. The van der Waals surface area contributed by atoms with E-state index in [2.05, 4.69) is 49.2 Å². The maximum Gasteiger partial charge on any atom is 0.322 e. The molecule has 5 rings (SSSR count). The largest absolute Gasteiger partial charge is 0.454 e. The molecule has 0 aromatic heterocycles. The van der Waals surface area contributed by atoms with Crippen LogP contribution in [0.3, 0.4) is 0 Å². The molecule has 2 aliphatic rings. The highest BCUT2D eigenvalue weighted by atomic mass is 16.5. The number of anilines is 1. The standard InChI is InChI=1S/C27H28N4O2/c1-18-10-12-24-22(15-18)26(29-23-11-9-19(2)16-25(23)33-24)30-13-14-31(20(3)17-30)27(32)28-21-7-5-4-6-8-21/h4-12,15-16,20H,13-14,17H2,1-3H3,(H,28,32). The minimum atomic E-state index is -0.0726. The normalized spacial score (nSPS) is 17.3. The van der Waals surface area contributed by atoms with E-state index in [0.29, 0.717) is 19.6 Å². The number of nitrogens with one attached hydrogen (secondary N) is 1. The van der Waals surface area contributed by atoms with E-state index in [4.69, 9.17) is 9.73 Å². The zero-order valence-corrected chi connectivity index (χ0v) is 19.2. The zero-order chi connectivity index (χ0) is 22.9. The molecule has 0 radical (unpaired) electrons. The lowest BCUT2D eigenvalue weighted by molar-refractivity contribution is 0.145. The maximum absolute atomic E-state index is 12.9. The van der Waals surface area contributed by atoms with Gasteiger partial charge in [0.15, 0.2) is 5.75 Å². The van der Waals surface area contributed by atoms with E-state index in [1.807, 2.05) is 53.4 Å². The maximum atomic E-state index is 12.9. The number of aliphatic imine (C=N–C) groups is 1. The van der Waals surface area contributed by atoms with Crippen LogP contribution in [0.1, 0.15) is 23.6 Å². The number of carbonyl (C=O) groups excluding carboxylic acids is 1. The average molecular weight is 441 g/mol. The first kappa shape index (κ1) is 21.1. The molecule has 3 aromatic rings. The Kier molecular flexibility index (Phi) is 5.50. The molecule has 1 unspecified atom stereocenters. The van der Waals surface area contributed by atoms with Gasteiger partial charge in [0.25, 0.3) is 0 Å². The number of aryl methyl sites for hydroxylation is 2. The van der Waals surface area contributed by atoms with Crippen LogP contribution < -0.4 is 10.1 Å². The van der Waals surface area contributed by atoms with Gasteiger partial charge in [0.1, 0.15) is 17.3 Å². The quantitative estimate of drug-likeness (QED) is 0.526. The van der Waals surface area contributed by atoms with Crippen LogP contribution in [0, 0.1) is 13.8 Å². The van der Waals surface area contributed by atoms with Crippen LogP contribution in [0.15, 0.2) is 71.7 Å². The van der Waals surface area contributed by atoms with Gasteiger partial charge in [-0.1, -0.05) is 35.9 Å². The topological polar surface area (TPSA) is 57.2 Å². The summed E-state index contributed by atoms with van der Waals surface area (Å²) in [5.41, 5.74) is 4.90. The molecular weight excluding hydrogens is 412 g/mol. The molecule has 1 fully saturated rings. The molecule has 1 saturated heterocycles. The van der Waals surface area contributed by atoms with Gasteiger partial charge >= 0.3 is 6.03 Å². The summed E-state index contributed by atoms with van der Waals surface area (Å²) in [6.45, 7) is 8.21. The van der Waals surface area contributed by atoms with E-state index in [0.717, 1.165) is 45.4 Å². The second-order valence-corrected chi connectivity index (χ2v) is 8.79. The summed E-state index contributed by atoms with van der Waals surface area (Å²) in [7, 11) is 0. The van der Waals surface area contributed by atoms with Crippen molar-refractivity contribution in [2.24, 2.45) is 4.99 Å². The van der Waals surface area contributed by atoms with Crippen molar-refractivity contribution in [3.8, 4) is 11.5 Å². The molecule has 6 nitrogen and oxygen atoms in total. The van der Waals surface area contributed by atoms with Crippen LogP contribution in [0.5, 0.6) is 11.5 Å². The molecule has 0 aliphatic carbocycles. The van der Waals surface area contributed by atoms with Crippen LogP contribution in [-0.4, -0.2) is 47.3 Å². The minimum Gasteiger partial charge on any atom is -0.454 e. The highest BCUT2D eigenvalue weighted by Gasteiger charge is 2.31. The number of amidine groups is 1. The van der Waals surface area contributed by atoms with Crippen molar-refractivity contribution >= 4 is 23.2 Å². The third-order valence-electron chi connectivity index (χ3n) is 6.15. The summed E-state index contributed by atoms with van der Waals surface area (Å²) in [6.07, 6.45) is 0. The number of urea groups is 1. The molecule has 6 heteroatoms. The molecule has 2 heterocycles. The lowest BCUT2D eigenvalue weighted by atomic mass is 10.1. The summed E-state index contributed by atoms with van der Waals surface area (Å²) in [5.74, 6) is 2.47. The fourth-order valence-corrected chi connectivity index (χ4v) is 4.41. The lowest BCUT2D eigenvalue weighted by Crippen LogP contribution is -2.56. The Labute approximate surface area is 194 Å². The van der Waals surface area contributed by atoms with E-state index in [1.165, 1.54) is 0 Å². The number of para-hydroxylation sites is 1.